The van der Waals surface area contributed by atoms with E-state index in [9.17, 15) is 4.79 Å². The van der Waals surface area contributed by atoms with Crippen LogP contribution in [0.1, 0.15) is 11.5 Å². The summed E-state index contributed by atoms with van der Waals surface area (Å²) in [6, 6.07) is 11.2. The molecule has 1 atom stereocenters. The van der Waals surface area contributed by atoms with Crippen LogP contribution in [0, 0.1) is 0 Å². The van der Waals surface area contributed by atoms with Gasteiger partial charge in [0.15, 0.2) is 0 Å². The van der Waals surface area contributed by atoms with Crippen LogP contribution < -0.4 is 5.01 Å². The second kappa shape index (κ2) is 4.37. The molecular weight excluding hydrogens is 228 g/mol. The molecule has 18 heavy (non-hydrogen) atoms. The van der Waals surface area contributed by atoms with E-state index in [1.807, 2.05) is 30.3 Å². The Morgan fingerprint density at radius 1 is 1.00 bits per heavy atom. The van der Waals surface area contributed by atoms with E-state index in [1.165, 1.54) is 5.01 Å². The number of hydrogen-bond donors (Lipinski definition) is 0. The molecule has 0 fully saturated rings. The number of benzene rings is 1. The quantitative estimate of drug-likeness (QED) is 0.798. The fourth-order valence-electron chi connectivity index (χ4n) is 1.83. The van der Waals surface area contributed by atoms with E-state index >= 15 is 0 Å². The minimum absolute atomic E-state index is 0.132. The van der Waals surface area contributed by atoms with Gasteiger partial charge in [0.1, 0.15) is 5.92 Å². The van der Waals surface area contributed by atoms with Crippen molar-refractivity contribution in [2.75, 3.05) is 5.01 Å². The summed E-state index contributed by atoms with van der Waals surface area (Å²) in [5.74, 6) is -0.181. The number of hydrogen-bond acceptors (Lipinski definition) is 4. The van der Waals surface area contributed by atoms with Gasteiger partial charge in [-0.25, -0.2) is 9.97 Å². The first-order chi connectivity index (χ1) is 8.86. The molecule has 2 heterocycles. The van der Waals surface area contributed by atoms with Crippen molar-refractivity contribution < 1.29 is 4.79 Å². The van der Waals surface area contributed by atoms with Crippen LogP contribution in [0.2, 0.25) is 0 Å². The number of rotatable bonds is 2. The maximum absolute atomic E-state index is 12.2. The van der Waals surface area contributed by atoms with Crippen molar-refractivity contribution in [1.29, 1.82) is 0 Å². The molecular formula is C13H10N4O. The highest BCUT2D eigenvalue weighted by Gasteiger charge is 2.32. The Morgan fingerprint density at radius 2 is 1.72 bits per heavy atom. The second-order valence-electron chi connectivity index (χ2n) is 3.85. The van der Waals surface area contributed by atoms with E-state index in [0.29, 0.717) is 5.95 Å². The van der Waals surface area contributed by atoms with Gasteiger partial charge in [0.2, 0.25) is 0 Å². The average Bonchev–Trinajstić information content (AvgIpc) is 2.83. The van der Waals surface area contributed by atoms with Gasteiger partial charge in [0, 0.05) is 18.6 Å². The molecule has 0 saturated carbocycles. The lowest BCUT2D eigenvalue weighted by atomic mass is 10.0. The van der Waals surface area contributed by atoms with Crippen molar-refractivity contribution >= 4 is 18.1 Å². The monoisotopic (exact) mass is 238 g/mol. The molecule has 0 aliphatic carbocycles. The van der Waals surface area contributed by atoms with Crippen molar-refractivity contribution in [2.24, 2.45) is 5.10 Å². The zero-order valence-electron chi connectivity index (χ0n) is 9.47. The third kappa shape index (κ3) is 1.75. The summed E-state index contributed by atoms with van der Waals surface area (Å²) in [4.78, 5) is 20.3. The average molecular weight is 238 g/mol. The number of amides is 1. The summed E-state index contributed by atoms with van der Waals surface area (Å²) >= 11 is 0. The van der Waals surface area contributed by atoms with Gasteiger partial charge in [-0.05, 0) is 11.6 Å². The molecule has 0 bridgehead atoms. The lowest BCUT2D eigenvalue weighted by Crippen LogP contribution is -2.26. The third-order valence-corrected chi connectivity index (χ3v) is 2.71. The van der Waals surface area contributed by atoms with E-state index in [0.717, 1.165) is 5.56 Å². The molecule has 0 radical (unpaired) electrons. The van der Waals surface area contributed by atoms with Crippen LogP contribution >= 0.6 is 0 Å². The number of hydrazone groups is 1. The van der Waals surface area contributed by atoms with Gasteiger partial charge in [-0.2, -0.15) is 10.1 Å². The molecule has 0 spiro atoms. The molecule has 1 aliphatic rings. The Bertz CT molecular complexity index is 531. The molecule has 5 nitrogen and oxygen atoms in total. The zero-order valence-corrected chi connectivity index (χ0v) is 9.47. The van der Waals surface area contributed by atoms with Gasteiger partial charge in [-0.15, -0.1) is 0 Å². The first-order valence-electron chi connectivity index (χ1n) is 5.56. The highest BCUT2D eigenvalue weighted by Crippen LogP contribution is 2.24. The van der Waals surface area contributed by atoms with Crippen LogP contribution in [-0.2, 0) is 4.79 Å². The number of anilines is 1. The molecule has 1 aromatic carbocycles. The van der Waals surface area contributed by atoms with Gasteiger partial charge in [-0.1, -0.05) is 30.3 Å². The van der Waals surface area contributed by atoms with Crippen molar-refractivity contribution in [3.8, 4) is 0 Å². The topological polar surface area (TPSA) is 58.5 Å². The van der Waals surface area contributed by atoms with Crippen molar-refractivity contribution in [3.63, 3.8) is 0 Å². The summed E-state index contributed by atoms with van der Waals surface area (Å²) in [5.41, 5.74) is 0.921. The van der Waals surface area contributed by atoms with Gasteiger partial charge < -0.3 is 0 Å². The second-order valence-corrected chi connectivity index (χ2v) is 3.85. The van der Waals surface area contributed by atoms with Gasteiger partial charge in [0.05, 0.1) is 0 Å². The maximum atomic E-state index is 12.2. The normalized spacial score (nSPS) is 18.3. The Balaban J connectivity index is 1.89. The smallest absolute Gasteiger partial charge is 0.263 e. The van der Waals surface area contributed by atoms with Crippen molar-refractivity contribution in [1.82, 2.24) is 9.97 Å². The van der Waals surface area contributed by atoms with Crippen LogP contribution in [0.5, 0.6) is 0 Å². The van der Waals surface area contributed by atoms with E-state index in [1.54, 1.807) is 24.7 Å². The molecule has 88 valence electrons. The third-order valence-electron chi connectivity index (χ3n) is 2.71. The summed E-state index contributed by atoms with van der Waals surface area (Å²) in [6.45, 7) is 0. The van der Waals surface area contributed by atoms with Crippen LogP contribution in [0.3, 0.4) is 0 Å². The Hall–Kier alpha value is -2.56. The SMILES string of the molecule is O=C1C(c2ccccc2)C=NN1c1ncccn1. The first-order valence-corrected chi connectivity index (χ1v) is 5.56. The largest absolute Gasteiger partial charge is 0.271 e. The lowest BCUT2D eigenvalue weighted by Gasteiger charge is -2.11. The minimum Gasteiger partial charge on any atom is -0.271 e. The van der Waals surface area contributed by atoms with Crippen LogP contribution in [-0.4, -0.2) is 22.1 Å². The Labute approximate surface area is 104 Å². The summed E-state index contributed by atoms with van der Waals surface area (Å²) in [5, 5.41) is 5.31. The van der Waals surface area contributed by atoms with E-state index in [2.05, 4.69) is 15.1 Å². The Kier molecular flexibility index (Phi) is 2.57. The highest BCUT2D eigenvalue weighted by atomic mass is 16.2. The molecule has 5 heteroatoms. The predicted octanol–water partition coefficient (Wildman–Crippen LogP) is 1.59. The molecule has 1 unspecified atom stereocenters. The maximum Gasteiger partial charge on any atom is 0.263 e. The molecule has 3 rings (SSSR count). The van der Waals surface area contributed by atoms with E-state index in [4.69, 9.17) is 0 Å². The number of carbonyl (C=O) groups excluding carboxylic acids is 1. The van der Waals surface area contributed by atoms with E-state index in [-0.39, 0.29) is 11.8 Å². The zero-order chi connectivity index (χ0) is 12.4. The van der Waals surface area contributed by atoms with Crippen LogP contribution in [0.4, 0.5) is 5.95 Å². The fourth-order valence-corrected chi connectivity index (χ4v) is 1.83. The lowest BCUT2D eigenvalue weighted by molar-refractivity contribution is -0.118. The molecule has 1 aliphatic heterocycles. The van der Waals surface area contributed by atoms with Crippen LogP contribution in [0.25, 0.3) is 0 Å². The summed E-state index contributed by atoms with van der Waals surface area (Å²) in [6.07, 6.45) is 4.79. The standard InChI is InChI=1S/C13H10N4O/c18-12-11(10-5-2-1-3-6-10)9-16-17(12)13-14-7-4-8-15-13/h1-9,11H. The Morgan fingerprint density at radius 3 is 2.44 bits per heavy atom. The van der Waals surface area contributed by atoms with Gasteiger partial charge in [0.25, 0.3) is 11.9 Å². The summed E-state index contributed by atoms with van der Waals surface area (Å²) in [7, 11) is 0. The van der Waals surface area contributed by atoms with Crippen molar-refractivity contribution in [3.05, 3.63) is 54.4 Å². The molecule has 2 aromatic rings. The number of aromatic nitrogens is 2. The van der Waals surface area contributed by atoms with Gasteiger partial charge in [-0.3, -0.25) is 4.79 Å². The van der Waals surface area contributed by atoms with E-state index < -0.39 is 0 Å². The fraction of sp³-hybridized carbons (Fsp3) is 0.0769. The number of nitrogens with zero attached hydrogens (tertiary/aromatic N) is 4. The number of carbonyl (C=O) groups is 1. The first kappa shape index (κ1) is 10.6. The van der Waals surface area contributed by atoms with Crippen LogP contribution in [0.15, 0.2) is 53.9 Å². The van der Waals surface area contributed by atoms with Crippen molar-refractivity contribution in [2.45, 2.75) is 5.92 Å². The molecule has 1 aromatic heterocycles. The summed E-state index contributed by atoms with van der Waals surface area (Å²) < 4.78 is 0. The molecule has 1 amide bonds. The molecule has 0 saturated heterocycles. The predicted molar refractivity (Wildman–Crippen MR) is 67.2 cm³/mol. The minimum atomic E-state index is -0.352. The molecule has 0 N–H and O–H groups in total. The highest BCUT2D eigenvalue weighted by molar-refractivity contribution is 6.11. The van der Waals surface area contributed by atoms with Gasteiger partial charge >= 0.3 is 0 Å².